The van der Waals surface area contributed by atoms with E-state index in [-0.39, 0.29) is 0 Å². The second-order valence-electron chi connectivity index (χ2n) is 2.07. The van der Waals surface area contributed by atoms with Crippen LogP contribution in [0, 0.1) is 0 Å². The monoisotopic (exact) mass is 330 g/mol. The van der Waals surface area contributed by atoms with E-state index >= 15 is 0 Å². The molecule has 0 unspecified atom stereocenters. The van der Waals surface area contributed by atoms with Gasteiger partial charge in [-0.3, -0.25) is 4.55 Å². The fourth-order valence-electron chi connectivity index (χ4n) is 0.502. The lowest BCUT2D eigenvalue weighted by atomic mass is 10.4. The van der Waals surface area contributed by atoms with Gasteiger partial charge in [0.25, 0.3) is 0 Å². The molecule has 1 N–H and O–H groups in total. The Balaban J connectivity index is 0.000000336. The van der Waals surface area contributed by atoms with Crippen molar-refractivity contribution in [2.75, 3.05) is 0 Å². The quantitative estimate of drug-likeness (QED) is 0.333. The molecule has 1 rings (SSSR count). The van der Waals surface area contributed by atoms with E-state index in [4.69, 9.17) is 59.4 Å². The lowest BCUT2D eigenvalue weighted by Gasteiger charge is -1.98. The summed E-state index contributed by atoms with van der Waals surface area (Å²) in [4.78, 5) is 0. The van der Waals surface area contributed by atoms with E-state index in [1.54, 1.807) is 12.1 Å². The number of rotatable bonds is 0. The average Bonchev–Trinajstić information content (AvgIpc) is 2.05. The van der Waals surface area contributed by atoms with E-state index in [0.29, 0.717) is 20.1 Å². The third-order valence-corrected chi connectivity index (χ3v) is 2.69. The smallest absolute Gasteiger partial charge is 0.273 e. The summed E-state index contributed by atoms with van der Waals surface area (Å²) in [5.74, 6) is 0. The molecule has 0 aromatic heterocycles. The molecule has 0 heterocycles. The Kier molecular flexibility index (Phi) is 6.59. The van der Waals surface area contributed by atoms with E-state index in [0.717, 1.165) is 0 Å². The summed E-state index contributed by atoms with van der Waals surface area (Å²) in [5.41, 5.74) is 0. The van der Waals surface area contributed by atoms with Crippen molar-refractivity contribution < 1.29 is 13.0 Å². The zero-order valence-electron chi connectivity index (χ0n) is 6.72. The minimum Gasteiger partial charge on any atom is -0.273 e. The van der Waals surface area contributed by atoms with Gasteiger partial charge in [0, 0.05) is 10.7 Å². The van der Waals surface area contributed by atoms with Crippen LogP contribution in [0.25, 0.3) is 0 Å². The van der Waals surface area contributed by atoms with Crippen LogP contribution in [0.2, 0.25) is 20.1 Å². The molecular formula is C6H3Cl5O3S. The van der Waals surface area contributed by atoms with Crippen molar-refractivity contribution in [3.05, 3.63) is 32.2 Å². The molecule has 1 aromatic carbocycles. The molecule has 0 aliphatic rings. The fraction of sp³-hybridized carbons (Fsp3) is 0. The summed E-state index contributed by atoms with van der Waals surface area (Å²) in [6, 6.07) is 3.19. The Morgan fingerprint density at radius 2 is 1.13 bits per heavy atom. The van der Waals surface area contributed by atoms with Gasteiger partial charge in [0.2, 0.25) is 0 Å². The number of halogens is 5. The number of benzene rings is 1. The largest absolute Gasteiger partial charge is 0.353 e. The van der Waals surface area contributed by atoms with Crippen molar-refractivity contribution in [3.63, 3.8) is 0 Å². The minimum absolute atomic E-state index is 0.302. The average molecular weight is 332 g/mol. The van der Waals surface area contributed by atoms with Crippen LogP contribution in [0.15, 0.2) is 12.1 Å². The lowest BCUT2D eigenvalue weighted by Crippen LogP contribution is -1.77. The highest BCUT2D eigenvalue weighted by Gasteiger charge is 2.05. The first kappa shape index (κ1) is 15.6. The Morgan fingerprint density at radius 1 is 0.933 bits per heavy atom. The molecular weight excluding hydrogens is 329 g/mol. The van der Waals surface area contributed by atoms with Gasteiger partial charge in [-0.15, -0.1) is 0 Å². The first-order valence-electron chi connectivity index (χ1n) is 3.09. The van der Waals surface area contributed by atoms with Gasteiger partial charge >= 0.3 is 9.33 Å². The van der Waals surface area contributed by atoms with E-state index in [1.807, 2.05) is 0 Å². The third kappa shape index (κ3) is 7.47. The second kappa shape index (κ2) is 6.35. The van der Waals surface area contributed by atoms with Crippen molar-refractivity contribution in [3.8, 4) is 0 Å². The van der Waals surface area contributed by atoms with Gasteiger partial charge in [0.1, 0.15) is 0 Å². The zero-order chi connectivity index (χ0) is 12.2. The normalized spacial score (nSPS) is 10.5. The van der Waals surface area contributed by atoms with E-state index in [1.165, 1.54) is 0 Å². The standard InChI is InChI=1S/C6H2Cl4.ClHO3S/c7-3-1-2-4(8)6(10)5(3)9;1-5(2,3)4/h1-2H;(H,2,3,4). The van der Waals surface area contributed by atoms with Gasteiger partial charge in [-0.2, -0.15) is 8.42 Å². The SMILES string of the molecule is Clc1ccc(Cl)c(Cl)c1Cl.O=S(=O)(O)Cl. The van der Waals surface area contributed by atoms with Gasteiger partial charge in [0.15, 0.2) is 0 Å². The molecule has 86 valence electrons. The second-order valence-corrected chi connectivity index (χ2v) is 5.63. The first-order valence-corrected chi connectivity index (χ1v) is 6.86. The van der Waals surface area contributed by atoms with Crippen LogP contribution in [0.4, 0.5) is 0 Å². The predicted molar refractivity (Wildman–Crippen MR) is 63.9 cm³/mol. The summed E-state index contributed by atoms with van der Waals surface area (Å²) in [6.07, 6.45) is 0. The molecule has 0 fully saturated rings. The highest BCUT2D eigenvalue weighted by molar-refractivity contribution is 8.09. The highest BCUT2D eigenvalue weighted by atomic mass is 35.7. The van der Waals surface area contributed by atoms with Crippen LogP contribution < -0.4 is 0 Å². The molecule has 0 saturated carbocycles. The van der Waals surface area contributed by atoms with Crippen molar-refractivity contribution in [1.82, 2.24) is 0 Å². The maximum absolute atomic E-state index is 8.95. The topological polar surface area (TPSA) is 54.4 Å². The van der Waals surface area contributed by atoms with Crippen LogP contribution in [-0.4, -0.2) is 13.0 Å². The van der Waals surface area contributed by atoms with Gasteiger partial charge in [-0.05, 0) is 12.1 Å². The summed E-state index contributed by atoms with van der Waals surface area (Å²) in [7, 11) is -0.137. The van der Waals surface area contributed by atoms with Crippen LogP contribution in [0.5, 0.6) is 0 Å². The molecule has 3 nitrogen and oxygen atoms in total. The Hall–Kier alpha value is 0.580. The molecule has 0 spiro atoms. The summed E-state index contributed by atoms with van der Waals surface area (Å²) in [5, 5.41) is 1.43. The van der Waals surface area contributed by atoms with Crippen LogP contribution in [0.1, 0.15) is 0 Å². The van der Waals surface area contributed by atoms with Crippen LogP contribution in [0.3, 0.4) is 0 Å². The minimum atomic E-state index is -4.19. The Labute approximate surface area is 111 Å². The maximum Gasteiger partial charge on any atom is 0.353 e. The van der Waals surface area contributed by atoms with Gasteiger partial charge in [-0.1, -0.05) is 46.4 Å². The van der Waals surface area contributed by atoms with Gasteiger partial charge < -0.3 is 0 Å². The predicted octanol–water partition coefficient (Wildman–Crippen LogP) is 4.33. The summed E-state index contributed by atoms with van der Waals surface area (Å²) < 4.78 is 25.2. The molecule has 0 aliphatic heterocycles. The van der Waals surface area contributed by atoms with Gasteiger partial charge in [-0.25, -0.2) is 0 Å². The van der Waals surface area contributed by atoms with Crippen molar-refractivity contribution >= 4 is 66.4 Å². The van der Waals surface area contributed by atoms with E-state index < -0.39 is 9.33 Å². The molecule has 0 atom stereocenters. The summed E-state index contributed by atoms with van der Waals surface area (Å²) in [6.45, 7) is 0. The van der Waals surface area contributed by atoms with Crippen LogP contribution >= 0.6 is 57.1 Å². The Morgan fingerprint density at radius 3 is 1.33 bits per heavy atom. The van der Waals surface area contributed by atoms with Crippen molar-refractivity contribution in [2.24, 2.45) is 0 Å². The zero-order valence-corrected chi connectivity index (χ0v) is 11.3. The molecule has 1 aromatic rings. The molecule has 0 amide bonds. The number of hydrogen-bond donors (Lipinski definition) is 1. The van der Waals surface area contributed by atoms with Gasteiger partial charge in [0.05, 0.1) is 20.1 Å². The van der Waals surface area contributed by atoms with Crippen molar-refractivity contribution in [1.29, 1.82) is 0 Å². The molecule has 0 radical (unpaired) electrons. The van der Waals surface area contributed by atoms with E-state index in [2.05, 4.69) is 10.7 Å². The lowest BCUT2D eigenvalue weighted by molar-refractivity contribution is 0.501. The molecule has 15 heavy (non-hydrogen) atoms. The maximum atomic E-state index is 8.95. The van der Waals surface area contributed by atoms with E-state index in [9.17, 15) is 0 Å². The molecule has 0 aliphatic carbocycles. The highest BCUT2D eigenvalue weighted by Crippen LogP contribution is 2.34. The first-order chi connectivity index (χ1) is 6.63. The Bertz CT molecular complexity index is 409. The fourth-order valence-corrected chi connectivity index (χ4v) is 1.24. The number of hydrogen-bond acceptors (Lipinski definition) is 2. The third-order valence-electron chi connectivity index (χ3n) is 0.988. The summed E-state index contributed by atoms with van der Waals surface area (Å²) >= 11 is 22.5. The van der Waals surface area contributed by atoms with Crippen molar-refractivity contribution in [2.45, 2.75) is 0 Å². The molecule has 0 saturated heterocycles. The van der Waals surface area contributed by atoms with Crippen LogP contribution in [-0.2, 0) is 9.33 Å². The molecule has 0 bridgehead atoms. The molecule has 9 heteroatoms.